The van der Waals surface area contributed by atoms with Crippen molar-refractivity contribution in [2.75, 3.05) is 0 Å². The summed E-state index contributed by atoms with van der Waals surface area (Å²) in [4.78, 5) is 4.63. The molecule has 0 saturated carbocycles. The molecule has 2 nitrogen and oxygen atoms in total. The summed E-state index contributed by atoms with van der Waals surface area (Å²) < 4.78 is 2.09. The maximum absolute atomic E-state index is 6.19. The van der Waals surface area contributed by atoms with E-state index in [1.54, 1.807) is 11.8 Å². The van der Waals surface area contributed by atoms with E-state index in [0.717, 1.165) is 21.8 Å². The van der Waals surface area contributed by atoms with Gasteiger partial charge in [0.05, 0.1) is 11.0 Å². The summed E-state index contributed by atoms with van der Waals surface area (Å²) in [7, 11) is 2.02. The lowest BCUT2D eigenvalue weighted by Crippen LogP contribution is -1.92. The number of hydrogen-bond acceptors (Lipinski definition) is 2. The van der Waals surface area contributed by atoms with Crippen LogP contribution in [0.1, 0.15) is 5.56 Å². The van der Waals surface area contributed by atoms with Gasteiger partial charge < -0.3 is 4.57 Å². The van der Waals surface area contributed by atoms with Crippen molar-refractivity contribution in [3.63, 3.8) is 0 Å². The third-order valence-corrected chi connectivity index (χ3v) is 4.92. The van der Waals surface area contributed by atoms with Crippen molar-refractivity contribution in [3.05, 3.63) is 58.1 Å². The Bertz CT molecular complexity index is 747. The van der Waals surface area contributed by atoms with Gasteiger partial charge in [-0.3, -0.25) is 0 Å². The fourth-order valence-corrected chi connectivity index (χ4v) is 3.79. The van der Waals surface area contributed by atoms with E-state index in [9.17, 15) is 0 Å². The number of benzene rings is 2. The predicted molar refractivity (Wildman–Crippen MR) is 86.7 cm³/mol. The highest BCUT2D eigenvalue weighted by Crippen LogP contribution is 2.32. The number of para-hydroxylation sites is 2. The fourth-order valence-electron chi connectivity index (χ4n) is 2.06. The summed E-state index contributed by atoms with van der Waals surface area (Å²) in [5, 5.41) is 2.36. The number of rotatable bonds is 3. The first-order chi connectivity index (χ1) is 9.66. The number of imidazole rings is 1. The van der Waals surface area contributed by atoms with E-state index >= 15 is 0 Å². The Morgan fingerprint density at radius 3 is 2.45 bits per heavy atom. The fraction of sp³-hybridized carbons (Fsp3) is 0.133. The van der Waals surface area contributed by atoms with Crippen LogP contribution in [0.4, 0.5) is 0 Å². The first-order valence-electron chi connectivity index (χ1n) is 6.14. The molecule has 0 saturated heterocycles. The number of halogens is 2. The van der Waals surface area contributed by atoms with Crippen LogP contribution < -0.4 is 0 Å². The summed E-state index contributed by atoms with van der Waals surface area (Å²) >= 11 is 14.0. The van der Waals surface area contributed by atoms with E-state index in [-0.39, 0.29) is 0 Å². The van der Waals surface area contributed by atoms with Gasteiger partial charge in [0, 0.05) is 22.8 Å². The molecule has 0 N–H and O–H groups in total. The maximum Gasteiger partial charge on any atom is 0.169 e. The SMILES string of the molecule is Cn1c(SCc2c(Cl)cccc2Cl)nc2ccccc21. The molecule has 0 fully saturated rings. The molecule has 0 aliphatic heterocycles. The number of thioether (sulfide) groups is 1. The lowest BCUT2D eigenvalue weighted by atomic mass is 10.2. The molecule has 1 heterocycles. The minimum Gasteiger partial charge on any atom is -0.322 e. The molecular formula is C15H12Cl2N2S. The van der Waals surface area contributed by atoms with E-state index in [2.05, 4.69) is 15.6 Å². The smallest absolute Gasteiger partial charge is 0.169 e. The Morgan fingerprint density at radius 2 is 1.75 bits per heavy atom. The van der Waals surface area contributed by atoms with Crippen molar-refractivity contribution < 1.29 is 0 Å². The van der Waals surface area contributed by atoms with Gasteiger partial charge in [0.2, 0.25) is 0 Å². The summed E-state index contributed by atoms with van der Waals surface area (Å²) in [5.41, 5.74) is 3.08. The van der Waals surface area contributed by atoms with Gasteiger partial charge in [0.1, 0.15) is 0 Å². The molecule has 0 radical (unpaired) electrons. The zero-order valence-corrected chi connectivity index (χ0v) is 13.1. The van der Waals surface area contributed by atoms with Gasteiger partial charge in [-0.25, -0.2) is 4.98 Å². The molecule has 1 aromatic heterocycles. The van der Waals surface area contributed by atoms with Crippen LogP contribution in [0.3, 0.4) is 0 Å². The molecule has 0 aliphatic carbocycles. The van der Waals surface area contributed by atoms with Crippen LogP contribution in [-0.2, 0) is 12.8 Å². The van der Waals surface area contributed by atoms with Gasteiger partial charge in [-0.05, 0) is 29.8 Å². The van der Waals surface area contributed by atoms with Crippen LogP contribution in [0, 0.1) is 0 Å². The van der Waals surface area contributed by atoms with Crippen LogP contribution in [0.5, 0.6) is 0 Å². The second kappa shape index (κ2) is 5.68. The predicted octanol–water partition coefficient (Wildman–Crippen LogP) is 5.17. The van der Waals surface area contributed by atoms with Crippen LogP contribution in [-0.4, -0.2) is 9.55 Å². The molecule has 3 rings (SSSR count). The van der Waals surface area contributed by atoms with Gasteiger partial charge in [0.25, 0.3) is 0 Å². The Hall–Kier alpha value is -1.16. The molecule has 2 aromatic carbocycles. The van der Waals surface area contributed by atoms with E-state index in [4.69, 9.17) is 23.2 Å². The Balaban J connectivity index is 1.89. The molecular weight excluding hydrogens is 311 g/mol. The van der Waals surface area contributed by atoms with Gasteiger partial charge in [-0.15, -0.1) is 0 Å². The van der Waals surface area contributed by atoms with Gasteiger partial charge in [-0.1, -0.05) is 53.2 Å². The molecule has 5 heteroatoms. The first kappa shape index (κ1) is 13.8. The van der Waals surface area contributed by atoms with Crippen molar-refractivity contribution in [3.8, 4) is 0 Å². The topological polar surface area (TPSA) is 17.8 Å². The average molecular weight is 323 g/mol. The Morgan fingerprint density at radius 1 is 1.05 bits per heavy atom. The average Bonchev–Trinajstić information content (AvgIpc) is 2.76. The van der Waals surface area contributed by atoms with Gasteiger partial charge in [0.15, 0.2) is 5.16 Å². The Kier molecular flexibility index (Phi) is 3.92. The molecule has 0 bridgehead atoms. The van der Waals surface area contributed by atoms with Crippen LogP contribution >= 0.6 is 35.0 Å². The zero-order chi connectivity index (χ0) is 14.1. The molecule has 20 heavy (non-hydrogen) atoms. The molecule has 0 amide bonds. The third-order valence-electron chi connectivity index (χ3n) is 3.15. The lowest BCUT2D eigenvalue weighted by molar-refractivity contribution is 0.815. The highest BCUT2D eigenvalue weighted by Gasteiger charge is 2.10. The van der Waals surface area contributed by atoms with E-state index in [1.165, 1.54) is 0 Å². The third kappa shape index (κ3) is 2.53. The largest absolute Gasteiger partial charge is 0.322 e. The molecule has 3 aromatic rings. The van der Waals surface area contributed by atoms with E-state index in [1.807, 2.05) is 43.4 Å². The normalized spacial score (nSPS) is 11.2. The van der Waals surface area contributed by atoms with Gasteiger partial charge >= 0.3 is 0 Å². The molecule has 0 atom stereocenters. The van der Waals surface area contributed by atoms with Crippen molar-refractivity contribution >= 4 is 46.0 Å². The maximum atomic E-state index is 6.19. The highest BCUT2D eigenvalue weighted by atomic mass is 35.5. The van der Waals surface area contributed by atoms with Crippen LogP contribution in [0.15, 0.2) is 47.6 Å². The van der Waals surface area contributed by atoms with Gasteiger partial charge in [-0.2, -0.15) is 0 Å². The van der Waals surface area contributed by atoms with Crippen molar-refractivity contribution in [2.24, 2.45) is 7.05 Å². The number of fused-ring (bicyclic) bond motifs is 1. The first-order valence-corrected chi connectivity index (χ1v) is 7.88. The summed E-state index contributed by atoms with van der Waals surface area (Å²) in [5.74, 6) is 0.704. The quantitative estimate of drug-likeness (QED) is 0.619. The standard InChI is InChI=1S/C15H12Cl2N2S/c1-19-14-8-3-2-7-13(14)18-15(19)20-9-10-11(16)5-4-6-12(10)17/h2-8H,9H2,1H3. The van der Waals surface area contributed by atoms with Crippen molar-refractivity contribution in [1.29, 1.82) is 0 Å². The zero-order valence-electron chi connectivity index (χ0n) is 10.8. The summed E-state index contributed by atoms with van der Waals surface area (Å²) in [6.07, 6.45) is 0. The van der Waals surface area contributed by atoms with E-state index < -0.39 is 0 Å². The van der Waals surface area contributed by atoms with Crippen LogP contribution in [0.25, 0.3) is 11.0 Å². The molecule has 0 aliphatic rings. The number of aryl methyl sites for hydroxylation is 1. The minimum atomic E-state index is 0.698. The second-order valence-corrected chi connectivity index (χ2v) is 6.19. The molecule has 102 valence electrons. The Labute approximate surface area is 131 Å². The minimum absolute atomic E-state index is 0.698. The monoisotopic (exact) mass is 322 g/mol. The number of hydrogen-bond donors (Lipinski definition) is 0. The number of aromatic nitrogens is 2. The summed E-state index contributed by atoms with van der Waals surface area (Å²) in [6.45, 7) is 0. The number of nitrogens with zero attached hydrogens (tertiary/aromatic N) is 2. The highest BCUT2D eigenvalue weighted by molar-refractivity contribution is 7.98. The molecule has 0 unspecified atom stereocenters. The van der Waals surface area contributed by atoms with Crippen molar-refractivity contribution in [1.82, 2.24) is 9.55 Å². The van der Waals surface area contributed by atoms with Crippen LogP contribution in [0.2, 0.25) is 10.0 Å². The second-order valence-electron chi connectivity index (χ2n) is 4.43. The van der Waals surface area contributed by atoms with Crippen molar-refractivity contribution in [2.45, 2.75) is 10.9 Å². The lowest BCUT2D eigenvalue weighted by Gasteiger charge is -2.06. The summed E-state index contributed by atoms with van der Waals surface area (Å²) in [6, 6.07) is 13.7. The van der Waals surface area contributed by atoms with E-state index in [0.29, 0.717) is 15.8 Å². The molecule has 0 spiro atoms.